The van der Waals surface area contributed by atoms with E-state index in [1.165, 1.54) is 38.5 Å². The highest BCUT2D eigenvalue weighted by Gasteiger charge is 2.38. The molecule has 0 bridgehead atoms. The molecule has 0 radical (unpaired) electrons. The molecule has 1 N–H and O–H groups in total. The number of likely N-dealkylation sites (tertiary alicyclic amines) is 1. The average Bonchev–Trinajstić information content (AvgIpc) is 3.30. The Kier molecular flexibility index (Phi) is 4.77. The number of nitrogens with one attached hydrogen (secondary N) is 1. The molecule has 25 heavy (non-hydrogen) atoms. The molecule has 2 aliphatic carbocycles. The summed E-state index contributed by atoms with van der Waals surface area (Å²) in [7, 11) is 0. The zero-order valence-corrected chi connectivity index (χ0v) is 14.8. The predicted molar refractivity (Wildman–Crippen MR) is 94.0 cm³/mol. The van der Waals surface area contributed by atoms with E-state index in [-0.39, 0.29) is 18.4 Å². The van der Waals surface area contributed by atoms with Crippen LogP contribution in [0.3, 0.4) is 0 Å². The predicted octanol–water partition coefficient (Wildman–Crippen LogP) is 2.20. The molecule has 6 heteroatoms. The van der Waals surface area contributed by atoms with Crippen molar-refractivity contribution < 1.29 is 9.59 Å². The van der Waals surface area contributed by atoms with Crippen molar-refractivity contribution in [1.82, 2.24) is 20.0 Å². The van der Waals surface area contributed by atoms with Crippen LogP contribution in [0, 0.1) is 11.8 Å². The van der Waals surface area contributed by atoms with Crippen molar-refractivity contribution >= 4 is 11.8 Å². The Morgan fingerprint density at radius 2 is 1.76 bits per heavy atom. The first-order valence-corrected chi connectivity index (χ1v) is 9.80. The number of carbonyl (C=O) groups excluding carboxylic acids is 2. The second-order valence-electron chi connectivity index (χ2n) is 7.99. The summed E-state index contributed by atoms with van der Waals surface area (Å²) in [5.41, 5.74) is 0.602. The van der Waals surface area contributed by atoms with Gasteiger partial charge >= 0.3 is 0 Å². The normalized spacial score (nSPS) is 26.6. The van der Waals surface area contributed by atoms with Crippen LogP contribution in [0.5, 0.6) is 0 Å². The van der Waals surface area contributed by atoms with Crippen molar-refractivity contribution in [3.8, 4) is 0 Å². The summed E-state index contributed by atoms with van der Waals surface area (Å²) in [6.45, 7) is 1.96. The van der Waals surface area contributed by atoms with E-state index in [1.54, 1.807) is 17.1 Å². The molecule has 3 aliphatic rings. The van der Waals surface area contributed by atoms with E-state index in [4.69, 9.17) is 0 Å². The summed E-state index contributed by atoms with van der Waals surface area (Å²) >= 11 is 0. The van der Waals surface area contributed by atoms with Crippen molar-refractivity contribution in [3.63, 3.8) is 0 Å². The van der Waals surface area contributed by atoms with E-state index in [1.807, 2.05) is 4.90 Å². The molecule has 1 aromatic rings. The van der Waals surface area contributed by atoms with Gasteiger partial charge in [0.2, 0.25) is 5.91 Å². The lowest BCUT2D eigenvalue weighted by Crippen LogP contribution is -2.38. The number of hydrogen-bond acceptors (Lipinski definition) is 3. The van der Waals surface area contributed by atoms with E-state index < -0.39 is 0 Å². The van der Waals surface area contributed by atoms with E-state index in [9.17, 15) is 9.59 Å². The van der Waals surface area contributed by atoms with Crippen LogP contribution in [0.4, 0.5) is 0 Å². The molecule has 136 valence electrons. The largest absolute Gasteiger partial charge is 0.352 e. The van der Waals surface area contributed by atoms with Crippen LogP contribution in [0.15, 0.2) is 12.4 Å². The Labute approximate surface area is 148 Å². The third-order valence-electron chi connectivity index (χ3n) is 6.17. The maximum absolute atomic E-state index is 12.7. The number of fused-ring (bicyclic) bond motifs is 1. The molecule has 2 saturated carbocycles. The molecule has 1 saturated heterocycles. The molecule has 2 heterocycles. The van der Waals surface area contributed by atoms with Gasteiger partial charge in [-0.25, -0.2) is 0 Å². The average molecular weight is 344 g/mol. The number of nitrogens with zero attached hydrogens (tertiary/aromatic N) is 3. The highest BCUT2D eigenvalue weighted by atomic mass is 16.2. The maximum atomic E-state index is 12.7. The molecule has 4 rings (SSSR count). The first-order valence-electron chi connectivity index (χ1n) is 9.80. The first kappa shape index (κ1) is 16.6. The molecule has 1 aromatic heterocycles. The summed E-state index contributed by atoms with van der Waals surface area (Å²) < 4.78 is 1.59. The highest BCUT2D eigenvalue weighted by Crippen LogP contribution is 2.38. The van der Waals surface area contributed by atoms with Crippen molar-refractivity contribution in [1.29, 1.82) is 0 Å². The van der Waals surface area contributed by atoms with Crippen LogP contribution < -0.4 is 5.32 Å². The van der Waals surface area contributed by atoms with Crippen LogP contribution >= 0.6 is 0 Å². The fourth-order valence-electron chi connectivity index (χ4n) is 4.81. The van der Waals surface area contributed by atoms with Crippen LogP contribution in [-0.2, 0) is 11.3 Å². The quantitative estimate of drug-likeness (QED) is 0.910. The molecule has 1 aliphatic heterocycles. The zero-order valence-electron chi connectivity index (χ0n) is 14.8. The maximum Gasteiger partial charge on any atom is 0.257 e. The number of carbonyl (C=O) groups is 2. The summed E-state index contributed by atoms with van der Waals surface area (Å²) in [5.74, 6) is 1.44. The fourth-order valence-corrected chi connectivity index (χ4v) is 4.81. The molecular formula is C19H28N4O2. The first-order chi connectivity index (χ1) is 12.2. The molecule has 2 atom stereocenters. The van der Waals surface area contributed by atoms with Gasteiger partial charge in [0.25, 0.3) is 5.91 Å². The van der Waals surface area contributed by atoms with Gasteiger partial charge in [0.1, 0.15) is 6.54 Å². The molecule has 3 fully saturated rings. The molecule has 6 nitrogen and oxygen atoms in total. The zero-order chi connectivity index (χ0) is 17.2. The minimum Gasteiger partial charge on any atom is -0.352 e. The van der Waals surface area contributed by atoms with Gasteiger partial charge < -0.3 is 10.2 Å². The second-order valence-corrected chi connectivity index (χ2v) is 7.99. The number of hydrogen-bond donors (Lipinski definition) is 1. The number of amides is 2. The van der Waals surface area contributed by atoms with Gasteiger partial charge in [-0.2, -0.15) is 5.10 Å². The molecule has 0 spiro atoms. The van der Waals surface area contributed by atoms with Crippen molar-refractivity contribution in [3.05, 3.63) is 18.0 Å². The van der Waals surface area contributed by atoms with Gasteiger partial charge in [0.05, 0.1) is 11.8 Å². The SMILES string of the molecule is O=C(Cn1cc(C(=O)N2C[C@H]3CCC[C@@H]3C2)cn1)NC1CCCCC1. The fraction of sp³-hybridized carbons (Fsp3) is 0.737. The van der Waals surface area contributed by atoms with Crippen LogP contribution in [0.25, 0.3) is 0 Å². The highest BCUT2D eigenvalue weighted by molar-refractivity contribution is 5.94. The Morgan fingerprint density at radius 3 is 2.48 bits per heavy atom. The summed E-state index contributed by atoms with van der Waals surface area (Å²) in [5, 5.41) is 7.31. The lowest BCUT2D eigenvalue weighted by Gasteiger charge is -2.22. The molecule has 2 amide bonds. The van der Waals surface area contributed by atoms with Crippen LogP contribution in [0.2, 0.25) is 0 Å². The van der Waals surface area contributed by atoms with E-state index in [2.05, 4.69) is 10.4 Å². The number of rotatable bonds is 4. The Balaban J connectivity index is 1.30. The standard InChI is InChI=1S/C19H28N4O2/c24-18(21-17-7-2-1-3-8-17)13-23-12-16(9-20-23)19(25)22-10-14-5-4-6-15(14)11-22/h9,12,14-15,17H,1-8,10-11,13H2,(H,21,24)/t14-,15-/m1/s1. The third-order valence-corrected chi connectivity index (χ3v) is 6.17. The lowest BCUT2D eigenvalue weighted by atomic mass is 9.95. The summed E-state index contributed by atoms with van der Waals surface area (Å²) in [6.07, 6.45) is 13.0. The molecular weight excluding hydrogens is 316 g/mol. The molecule has 0 unspecified atom stereocenters. The molecule has 0 aromatic carbocycles. The Hall–Kier alpha value is -1.85. The number of aromatic nitrogens is 2. The Morgan fingerprint density at radius 1 is 1.04 bits per heavy atom. The van der Waals surface area contributed by atoms with Crippen molar-refractivity contribution in [2.45, 2.75) is 64.0 Å². The summed E-state index contributed by atoms with van der Waals surface area (Å²) in [6, 6.07) is 0.307. The van der Waals surface area contributed by atoms with E-state index in [0.717, 1.165) is 25.9 Å². The summed E-state index contributed by atoms with van der Waals surface area (Å²) in [4.78, 5) is 26.8. The van der Waals surface area contributed by atoms with Crippen molar-refractivity contribution in [2.24, 2.45) is 11.8 Å². The lowest BCUT2D eigenvalue weighted by molar-refractivity contribution is -0.122. The monoisotopic (exact) mass is 344 g/mol. The second kappa shape index (κ2) is 7.18. The topological polar surface area (TPSA) is 67.2 Å². The van der Waals surface area contributed by atoms with Gasteiger partial charge in [0, 0.05) is 25.3 Å². The minimum absolute atomic E-state index is 0.00953. The van der Waals surface area contributed by atoms with Gasteiger partial charge in [-0.3, -0.25) is 14.3 Å². The Bertz CT molecular complexity index is 623. The van der Waals surface area contributed by atoms with Gasteiger partial charge in [-0.1, -0.05) is 25.7 Å². The van der Waals surface area contributed by atoms with E-state index in [0.29, 0.717) is 23.4 Å². The van der Waals surface area contributed by atoms with Crippen LogP contribution in [0.1, 0.15) is 61.7 Å². The van der Waals surface area contributed by atoms with Gasteiger partial charge in [-0.05, 0) is 37.5 Å². The smallest absolute Gasteiger partial charge is 0.257 e. The van der Waals surface area contributed by atoms with E-state index >= 15 is 0 Å². The third kappa shape index (κ3) is 3.72. The minimum atomic E-state index is -0.00953. The van der Waals surface area contributed by atoms with Crippen LogP contribution in [-0.4, -0.2) is 45.6 Å². The van der Waals surface area contributed by atoms with Crippen molar-refractivity contribution in [2.75, 3.05) is 13.1 Å². The van der Waals surface area contributed by atoms with Gasteiger partial charge in [-0.15, -0.1) is 0 Å². The van der Waals surface area contributed by atoms with Gasteiger partial charge in [0.15, 0.2) is 0 Å².